The van der Waals surface area contributed by atoms with E-state index in [9.17, 15) is 4.79 Å². The highest BCUT2D eigenvalue weighted by Crippen LogP contribution is 2.22. The highest BCUT2D eigenvalue weighted by atomic mass is 16.3. The van der Waals surface area contributed by atoms with Gasteiger partial charge in [0.25, 0.3) is 5.91 Å². The van der Waals surface area contributed by atoms with Crippen LogP contribution >= 0.6 is 0 Å². The van der Waals surface area contributed by atoms with Crippen LogP contribution in [0.5, 0.6) is 0 Å². The third-order valence-corrected chi connectivity index (χ3v) is 4.20. The van der Waals surface area contributed by atoms with Gasteiger partial charge in [0.1, 0.15) is 5.69 Å². The zero-order chi connectivity index (χ0) is 13.9. The van der Waals surface area contributed by atoms with E-state index in [1.165, 1.54) is 0 Å². The zero-order valence-corrected chi connectivity index (χ0v) is 11.7. The molecule has 2 N–H and O–H groups in total. The fourth-order valence-corrected chi connectivity index (χ4v) is 3.11. The van der Waals surface area contributed by atoms with Crippen molar-refractivity contribution in [2.24, 2.45) is 5.92 Å². The van der Waals surface area contributed by atoms with E-state index in [2.05, 4.69) is 10.3 Å². The van der Waals surface area contributed by atoms with E-state index in [0.717, 1.165) is 57.8 Å². The summed E-state index contributed by atoms with van der Waals surface area (Å²) in [5.74, 6) is 1.26. The van der Waals surface area contributed by atoms with Gasteiger partial charge in [0.05, 0.1) is 0 Å². The summed E-state index contributed by atoms with van der Waals surface area (Å²) < 4.78 is 2.02. The summed E-state index contributed by atoms with van der Waals surface area (Å²) in [7, 11) is 0. The maximum absolute atomic E-state index is 12.5. The van der Waals surface area contributed by atoms with E-state index in [1.54, 1.807) is 0 Å². The first kappa shape index (κ1) is 13.4. The van der Waals surface area contributed by atoms with Crippen molar-refractivity contribution in [1.29, 1.82) is 0 Å². The van der Waals surface area contributed by atoms with E-state index in [4.69, 9.17) is 5.11 Å². The van der Waals surface area contributed by atoms with E-state index >= 15 is 0 Å². The number of nitrogens with zero attached hydrogens (tertiary/aromatic N) is 3. The van der Waals surface area contributed by atoms with E-state index in [0.29, 0.717) is 11.6 Å². The summed E-state index contributed by atoms with van der Waals surface area (Å²) in [4.78, 5) is 18.8. The number of hydrogen-bond acceptors (Lipinski definition) is 4. The molecule has 1 aromatic heterocycles. The third-order valence-electron chi connectivity index (χ3n) is 4.20. The first-order valence-corrected chi connectivity index (χ1v) is 7.49. The van der Waals surface area contributed by atoms with Crippen LogP contribution in [-0.4, -0.2) is 51.7 Å². The predicted molar refractivity (Wildman–Crippen MR) is 75.7 cm³/mol. The van der Waals surface area contributed by atoms with Crippen molar-refractivity contribution in [3.8, 4) is 0 Å². The van der Waals surface area contributed by atoms with Crippen LogP contribution in [0.1, 0.15) is 36.2 Å². The first-order valence-electron chi connectivity index (χ1n) is 7.49. The van der Waals surface area contributed by atoms with Crippen LogP contribution in [0.3, 0.4) is 0 Å². The molecule has 20 heavy (non-hydrogen) atoms. The largest absolute Gasteiger partial charge is 0.396 e. The molecular weight excluding hydrogens is 256 g/mol. The second-order valence-electron chi connectivity index (χ2n) is 5.70. The number of hydrogen-bond donors (Lipinski definition) is 2. The Labute approximate surface area is 118 Å². The lowest BCUT2D eigenvalue weighted by Crippen LogP contribution is -2.40. The third kappa shape index (κ3) is 2.65. The topological polar surface area (TPSA) is 70.4 Å². The quantitative estimate of drug-likeness (QED) is 0.863. The first-order chi connectivity index (χ1) is 9.78. The van der Waals surface area contributed by atoms with Gasteiger partial charge in [0.2, 0.25) is 5.95 Å². The van der Waals surface area contributed by atoms with Crippen LogP contribution in [-0.2, 0) is 6.54 Å². The minimum absolute atomic E-state index is 0.0244. The predicted octanol–water partition coefficient (Wildman–Crippen LogP) is 0.933. The highest BCUT2D eigenvalue weighted by molar-refractivity contribution is 5.92. The van der Waals surface area contributed by atoms with Gasteiger partial charge in [-0.3, -0.25) is 4.79 Å². The Morgan fingerprint density at radius 1 is 1.45 bits per heavy atom. The number of aliphatic hydroxyl groups excluding tert-OH is 1. The Morgan fingerprint density at radius 3 is 3.15 bits per heavy atom. The molecule has 1 unspecified atom stereocenters. The van der Waals surface area contributed by atoms with Crippen LogP contribution in [0.15, 0.2) is 6.20 Å². The average Bonchev–Trinajstić information content (AvgIpc) is 2.91. The van der Waals surface area contributed by atoms with Crippen molar-refractivity contribution in [1.82, 2.24) is 14.5 Å². The standard InChI is InChI=1S/C14H22N4O2/c19-8-4-11-3-1-6-17(9-11)13(20)12-10-18-7-2-5-15-14(18)16-12/h10-11,19H,1-9H2,(H,15,16). The molecule has 6 nitrogen and oxygen atoms in total. The maximum Gasteiger partial charge on any atom is 0.274 e. The van der Waals surface area contributed by atoms with E-state index in [1.807, 2.05) is 15.7 Å². The number of amides is 1. The molecule has 1 fully saturated rings. The molecule has 0 saturated carbocycles. The van der Waals surface area contributed by atoms with Crippen LogP contribution in [0.25, 0.3) is 0 Å². The number of aryl methyl sites for hydroxylation is 1. The molecule has 1 amide bonds. The lowest BCUT2D eigenvalue weighted by molar-refractivity contribution is 0.0648. The maximum atomic E-state index is 12.5. The van der Waals surface area contributed by atoms with Crippen molar-refractivity contribution >= 4 is 11.9 Å². The molecule has 3 rings (SSSR count). The molecule has 1 saturated heterocycles. The lowest BCUT2D eigenvalue weighted by atomic mass is 9.95. The van der Waals surface area contributed by atoms with Gasteiger partial charge in [-0.05, 0) is 31.6 Å². The van der Waals surface area contributed by atoms with Crippen molar-refractivity contribution in [3.05, 3.63) is 11.9 Å². The Kier molecular flexibility index (Phi) is 3.91. The number of carbonyl (C=O) groups is 1. The second-order valence-corrected chi connectivity index (χ2v) is 5.70. The molecule has 0 radical (unpaired) electrons. The van der Waals surface area contributed by atoms with Crippen LogP contribution < -0.4 is 5.32 Å². The average molecular weight is 278 g/mol. The summed E-state index contributed by atoms with van der Waals surface area (Å²) in [6, 6.07) is 0. The molecule has 2 aliphatic heterocycles. The number of fused-ring (bicyclic) bond motifs is 1. The van der Waals surface area contributed by atoms with Crippen molar-refractivity contribution in [2.75, 3.05) is 31.6 Å². The molecule has 6 heteroatoms. The highest BCUT2D eigenvalue weighted by Gasteiger charge is 2.26. The second kappa shape index (κ2) is 5.83. The molecule has 0 spiro atoms. The molecule has 110 valence electrons. The van der Waals surface area contributed by atoms with Gasteiger partial charge in [-0.1, -0.05) is 0 Å². The summed E-state index contributed by atoms with van der Waals surface area (Å²) in [6.45, 7) is 3.60. The van der Waals surface area contributed by atoms with Gasteiger partial charge >= 0.3 is 0 Å². The Bertz CT molecular complexity index is 460. The number of piperidine rings is 1. The van der Waals surface area contributed by atoms with Gasteiger partial charge in [0.15, 0.2) is 0 Å². The van der Waals surface area contributed by atoms with Crippen molar-refractivity contribution in [2.45, 2.75) is 32.2 Å². The SMILES string of the molecule is O=C(c1cn2c(n1)NCCC2)N1CCCC(CCO)C1. The zero-order valence-electron chi connectivity index (χ0n) is 11.7. The summed E-state index contributed by atoms with van der Waals surface area (Å²) in [5, 5.41) is 12.3. The smallest absolute Gasteiger partial charge is 0.274 e. The van der Waals surface area contributed by atoms with Crippen LogP contribution in [0, 0.1) is 5.92 Å². The minimum Gasteiger partial charge on any atom is -0.396 e. The number of aromatic nitrogens is 2. The number of anilines is 1. The molecule has 0 bridgehead atoms. The van der Waals surface area contributed by atoms with Gasteiger partial charge in [0, 0.05) is 39.0 Å². The van der Waals surface area contributed by atoms with Crippen molar-refractivity contribution < 1.29 is 9.90 Å². The molecule has 0 aliphatic carbocycles. The summed E-state index contributed by atoms with van der Waals surface area (Å²) >= 11 is 0. The minimum atomic E-state index is 0.0244. The van der Waals surface area contributed by atoms with Gasteiger partial charge in [-0.15, -0.1) is 0 Å². The molecule has 1 atom stereocenters. The van der Waals surface area contributed by atoms with E-state index < -0.39 is 0 Å². The Balaban J connectivity index is 1.70. The van der Waals surface area contributed by atoms with Gasteiger partial charge in [-0.2, -0.15) is 0 Å². The fraction of sp³-hybridized carbons (Fsp3) is 0.714. The molecule has 3 heterocycles. The van der Waals surface area contributed by atoms with Gasteiger partial charge in [-0.25, -0.2) is 4.98 Å². The number of likely N-dealkylation sites (tertiary alicyclic amines) is 1. The van der Waals surface area contributed by atoms with Crippen molar-refractivity contribution in [3.63, 3.8) is 0 Å². The van der Waals surface area contributed by atoms with Gasteiger partial charge < -0.3 is 19.9 Å². The molecule has 2 aliphatic rings. The molecule has 0 aromatic carbocycles. The van der Waals surface area contributed by atoms with Crippen LogP contribution in [0.4, 0.5) is 5.95 Å². The number of carbonyl (C=O) groups excluding carboxylic acids is 1. The number of rotatable bonds is 3. The number of imidazole rings is 1. The number of aliphatic hydroxyl groups is 1. The normalized spacial score (nSPS) is 22.2. The summed E-state index contributed by atoms with van der Waals surface area (Å²) in [6.07, 6.45) is 5.83. The Hall–Kier alpha value is -1.56. The Morgan fingerprint density at radius 2 is 2.35 bits per heavy atom. The summed E-state index contributed by atoms with van der Waals surface area (Å²) in [5.41, 5.74) is 0.541. The van der Waals surface area contributed by atoms with E-state index in [-0.39, 0.29) is 12.5 Å². The number of nitrogens with one attached hydrogen (secondary N) is 1. The molecular formula is C14H22N4O2. The lowest BCUT2D eigenvalue weighted by Gasteiger charge is -2.32. The monoisotopic (exact) mass is 278 g/mol. The van der Waals surface area contributed by atoms with Crippen LogP contribution in [0.2, 0.25) is 0 Å². The fourth-order valence-electron chi connectivity index (χ4n) is 3.11. The molecule has 1 aromatic rings.